The van der Waals surface area contributed by atoms with Gasteiger partial charge in [0.25, 0.3) is 0 Å². The van der Waals surface area contributed by atoms with E-state index < -0.39 is 20.8 Å². The van der Waals surface area contributed by atoms with Crippen LogP contribution in [-0.2, 0) is 20.8 Å². The van der Waals surface area contributed by atoms with Gasteiger partial charge in [-0.15, -0.1) is 29.7 Å². The van der Waals surface area contributed by atoms with Gasteiger partial charge in [-0.2, -0.15) is 49.6 Å². The fourth-order valence-electron chi connectivity index (χ4n) is 1.39. The van der Waals surface area contributed by atoms with Gasteiger partial charge in [-0.05, 0) is 0 Å². The third kappa shape index (κ3) is 10.4. The summed E-state index contributed by atoms with van der Waals surface area (Å²) in [6.07, 6.45) is 2.00. The van der Waals surface area contributed by atoms with Crippen LogP contribution in [0.4, 0.5) is 0 Å². The minimum atomic E-state index is -0.826. The first-order valence-electron chi connectivity index (χ1n) is 6.27. The third-order valence-electron chi connectivity index (χ3n) is 2.10. The molecular weight excluding hydrogens is 366 g/mol. The quantitative estimate of drug-likeness (QED) is 0.384. The standard InChI is InChI=1S/C9H7.C5H5.C3H7.2ClH.Zr/c1-2-5-9-7-3-6-8(9)4-1;1-2-4-5-3-1;1-3-2;;;/h1-7H;1-5H;3H,1-2H3;2*1H;/q3*-1;;;+2/p-2. The molecule has 0 spiro atoms. The van der Waals surface area contributed by atoms with Crippen LogP contribution in [0.2, 0.25) is 0 Å². The summed E-state index contributed by atoms with van der Waals surface area (Å²) >= 11 is -0.826. The maximum atomic E-state index is 4.93. The average Bonchev–Trinajstić information content (AvgIpc) is 3.15. The summed E-state index contributed by atoms with van der Waals surface area (Å²) in [5.74, 6) is 0. The zero-order valence-corrected chi connectivity index (χ0v) is 15.7. The second-order valence-electron chi connectivity index (χ2n) is 3.77. The zero-order chi connectivity index (χ0) is 15.1. The molecule has 0 radical (unpaired) electrons. The van der Waals surface area contributed by atoms with Crippen molar-refractivity contribution in [2.75, 3.05) is 0 Å². The summed E-state index contributed by atoms with van der Waals surface area (Å²) in [6, 6.07) is 24.7. The van der Waals surface area contributed by atoms with Crippen molar-refractivity contribution in [3.05, 3.63) is 79.2 Å². The van der Waals surface area contributed by atoms with Crippen molar-refractivity contribution in [2.45, 2.75) is 13.8 Å². The minimum absolute atomic E-state index is 0.826. The van der Waals surface area contributed by atoms with Gasteiger partial charge in [0.15, 0.2) is 0 Å². The first-order valence-corrected chi connectivity index (χ1v) is 12.6. The molecule has 3 aromatic carbocycles. The molecule has 0 aliphatic rings. The van der Waals surface area contributed by atoms with Gasteiger partial charge in [-0.25, -0.2) is 12.1 Å². The summed E-state index contributed by atoms with van der Waals surface area (Å²) in [7, 11) is 9.87. The maximum Gasteiger partial charge on any atom is -0.0809 e. The van der Waals surface area contributed by atoms with E-state index in [1.165, 1.54) is 10.8 Å². The van der Waals surface area contributed by atoms with Crippen molar-refractivity contribution < 1.29 is 20.8 Å². The van der Waals surface area contributed by atoms with Crippen LogP contribution in [0.25, 0.3) is 10.8 Å². The summed E-state index contributed by atoms with van der Waals surface area (Å²) < 4.78 is 0. The van der Waals surface area contributed by atoms with Crippen molar-refractivity contribution in [3.63, 3.8) is 0 Å². The van der Waals surface area contributed by atoms with Crippen LogP contribution in [0, 0.1) is 6.42 Å². The fraction of sp³-hybridized carbons (Fsp3) is 0.118. The minimum Gasteiger partial charge on any atom is -0.214 e. The summed E-state index contributed by atoms with van der Waals surface area (Å²) in [4.78, 5) is 0. The molecule has 0 atom stereocenters. The van der Waals surface area contributed by atoms with Crippen LogP contribution in [-0.4, -0.2) is 0 Å². The molecule has 0 fully saturated rings. The van der Waals surface area contributed by atoms with E-state index in [0.29, 0.717) is 0 Å². The van der Waals surface area contributed by atoms with Crippen LogP contribution in [0.3, 0.4) is 0 Å². The van der Waals surface area contributed by atoms with E-state index in [-0.39, 0.29) is 0 Å². The van der Waals surface area contributed by atoms with Crippen molar-refractivity contribution >= 4 is 27.8 Å². The van der Waals surface area contributed by atoms with E-state index in [9.17, 15) is 0 Å². The molecule has 0 aliphatic heterocycles. The Labute approximate surface area is 141 Å². The Bertz CT molecular complexity index is 451. The molecule has 0 nitrogen and oxygen atoms in total. The van der Waals surface area contributed by atoms with Gasteiger partial charge in [0.05, 0.1) is 0 Å². The topological polar surface area (TPSA) is 0 Å². The van der Waals surface area contributed by atoms with E-state index in [4.69, 9.17) is 17.0 Å². The van der Waals surface area contributed by atoms with Gasteiger partial charge >= 0.3 is 37.9 Å². The molecule has 108 valence electrons. The van der Waals surface area contributed by atoms with Crippen LogP contribution in [0.15, 0.2) is 72.8 Å². The number of benzene rings is 1. The molecule has 0 amide bonds. The number of halogens is 2. The van der Waals surface area contributed by atoms with Crippen LogP contribution in [0.5, 0.6) is 0 Å². The summed E-state index contributed by atoms with van der Waals surface area (Å²) in [5, 5.41) is 2.66. The number of hydrogen-bond acceptors (Lipinski definition) is 0. The molecule has 0 unspecified atom stereocenters. The van der Waals surface area contributed by atoms with Crippen LogP contribution < -0.4 is 0 Å². The van der Waals surface area contributed by atoms with Crippen molar-refractivity contribution in [3.8, 4) is 0 Å². The SMILES string of the molecule is C[CH-]C.[Cl][Zr][Cl].c1cc[cH-]c1.c1ccc2[cH-]ccc2c1. The average molecular weight is 385 g/mol. The predicted molar refractivity (Wildman–Crippen MR) is 88.9 cm³/mol. The molecule has 3 heteroatoms. The van der Waals surface area contributed by atoms with Gasteiger partial charge in [0.2, 0.25) is 0 Å². The largest absolute Gasteiger partial charge is 0.214 e. The molecule has 0 saturated heterocycles. The first kappa shape index (κ1) is 19.6. The molecule has 3 aromatic rings. The normalized spacial score (nSPS) is 8.20. The van der Waals surface area contributed by atoms with E-state index in [0.717, 1.165) is 0 Å². The van der Waals surface area contributed by atoms with Crippen molar-refractivity contribution in [2.24, 2.45) is 0 Å². The molecule has 0 aliphatic carbocycles. The molecule has 0 aromatic heterocycles. The van der Waals surface area contributed by atoms with E-state index >= 15 is 0 Å². The molecular formula is C17H19Cl2Zr-3. The smallest absolute Gasteiger partial charge is 0.0809 e. The Kier molecular flexibility index (Phi) is 14.8. The van der Waals surface area contributed by atoms with E-state index in [1.54, 1.807) is 0 Å². The summed E-state index contributed by atoms with van der Waals surface area (Å²) in [5.41, 5.74) is 0. The molecule has 3 rings (SSSR count). The second kappa shape index (κ2) is 15.0. The van der Waals surface area contributed by atoms with Crippen molar-refractivity contribution in [1.29, 1.82) is 0 Å². The predicted octanol–water partition coefficient (Wildman–Crippen LogP) is 6.57. The Morgan fingerprint density at radius 1 is 0.900 bits per heavy atom. The maximum absolute atomic E-state index is 4.93. The van der Waals surface area contributed by atoms with Crippen LogP contribution >= 0.6 is 17.0 Å². The van der Waals surface area contributed by atoms with Gasteiger partial charge in [0.1, 0.15) is 0 Å². The monoisotopic (exact) mass is 383 g/mol. The first-order chi connectivity index (χ1) is 9.79. The van der Waals surface area contributed by atoms with E-state index in [2.05, 4.69) is 42.5 Å². The van der Waals surface area contributed by atoms with Gasteiger partial charge in [-0.1, -0.05) is 6.07 Å². The fourth-order valence-corrected chi connectivity index (χ4v) is 1.39. The Hall–Kier alpha value is -0.357. The van der Waals surface area contributed by atoms with E-state index in [1.807, 2.05) is 50.6 Å². The third-order valence-corrected chi connectivity index (χ3v) is 2.10. The second-order valence-corrected chi connectivity index (χ2v) is 7.50. The van der Waals surface area contributed by atoms with Gasteiger partial charge in [-0.3, -0.25) is 0 Å². The Morgan fingerprint density at radius 2 is 1.45 bits per heavy atom. The zero-order valence-electron chi connectivity index (χ0n) is 11.8. The molecule has 0 saturated carbocycles. The molecule has 20 heavy (non-hydrogen) atoms. The number of rotatable bonds is 0. The molecule has 0 heterocycles. The van der Waals surface area contributed by atoms with Crippen LogP contribution in [0.1, 0.15) is 13.8 Å². The number of fused-ring (bicyclic) bond motifs is 1. The summed E-state index contributed by atoms with van der Waals surface area (Å²) in [6.45, 7) is 4.00. The Morgan fingerprint density at radius 3 is 1.90 bits per heavy atom. The molecule has 0 bridgehead atoms. The molecule has 0 N–H and O–H groups in total. The number of hydrogen-bond donors (Lipinski definition) is 0. The Balaban J connectivity index is 0.000000281. The van der Waals surface area contributed by atoms with Gasteiger partial charge in [0, 0.05) is 0 Å². The van der Waals surface area contributed by atoms with Crippen molar-refractivity contribution in [1.82, 2.24) is 0 Å². The van der Waals surface area contributed by atoms with Gasteiger partial charge < -0.3 is 6.42 Å².